The lowest BCUT2D eigenvalue weighted by atomic mass is 10.3. The zero-order valence-electron chi connectivity index (χ0n) is 8.82. The maximum Gasteiger partial charge on any atom is 0.271 e. The minimum Gasteiger partial charge on any atom is -0.441 e. The van der Waals surface area contributed by atoms with Crippen molar-refractivity contribution in [3.63, 3.8) is 0 Å². The first-order valence-electron chi connectivity index (χ1n) is 4.52. The summed E-state index contributed by atoms with van der Waals surface area (Å²) in [6, 6.07) is 3.21. The van der Waals surface area contributed by atoms with Gasteiger partial charge in [-0.3, -0.25) is 0 Å². The summed E-state index contributed by atoms with van der Waals surface area (Å²) in [5, 5.41) is 0.592. The molecule has 13 heteroatoms. The maximum absolute atomic E-state index is 6.05. The highest BCUT2D eigenvalue weighted by Crippen LogP contribution is 2.70. The Morgan fingerprint density at radius 2 is 2.00 bits per heavy atom. The zero-order valence-corrected chi connectivity index (χ0v) is 15.4. The number of halogens is 5. The molecule has 19 heavy (non-hydrogen) atoms. The largest absolute Gasteiger partial charge is 0.441 e. The van der Waals surface area contributed by atoms with Gasteiger partial charge in [-0.25, -0.2) is 4.86 Å². The Bertz CT molecular complexity index is 484. The molecule has 2 rings (SSSR count). The third-order valence-electron chi connectivity index (χ3n) is 1.95. The Morgan fingerprint density at radius 1 is 1.32 bits per heavy atom. The van der Waals surface area contributed by atoms with E-state index < -0.39 is 16.0 Å². The Hall–Kier alpha value is 1.44. The Balaban J connectivity index is 2.16. The molecule has 0 radical (unpaired) electrons. The molecule has 1 aromatic rings. The third-order valence-corrected chi connectivity index (χ3v) is 10.8. The average Bonchev–Trinajstić information content (AvgIpc) is 2.39. The van der Waals surface area contributed by atoms with Crippen LogP contribution in [0.2, 0.25) is 10.0 Å². The minimum atomic E-state index is -1.36. The lowest BCUT2D eigenvalue weighted by molar-refractivity contribution is 0.591. The van der Waals surface area contributed by atoms with E-state index in [1.807, 2.05) is 0 Å². The van der Waals surface area contributed by atoms with Gasteiger partial charge in [0.05, 0.1) is 24.6 Å². The second-order valence-electron chi connectivity index (χ2n) is 3.10. The molecule has 3 unspecified atom stereocenters. The molecule has 1 saturated heterocycles. The number of benzene rings is 1. The topological polar surface area (TPSA) is 53.8 Å². The number of hydrogen-bond acceptors (Lipinski definition) is 5. The highest BCUT2D eigenvalue weighted by Gasteiger charge is 2.37. The molecule has 0 spiro atoms. The maximum atomic E-state index is 6.05. The van der Waals surface area contributed by atoms with E-state index in [1.54, 1.807) is 12.1 Å². The van der Waals surface area contributed by atoms with E-state index in [2.05, 4.69) is 4.86 Å². The molecular weight excluding hydrogens is 414 g/mol. The van der Waals surface area contributed by atoms with E-state index in [1.165, 1.54) is 7.92 Å². The standard InChI is InChI=1S/C6H6Cl5N4OP3/c7-3-1-2-4(6(12)5(3)8)16-19-13-17-14(9)18(11)15(19)10/h1-2,13,17H,12H2. The van der Waals surface area contributed by atoms with Crippen LogP contribution in [-0.2, 0) is 0 Å². The summed E-state index contributed by atoms with van der Waals surface area (Å²) < 4.78 is 8.37. The van der Waals surface area contributed by atoms with Crippen LogP contribution in [0.3, 0.4) is 0 Å². The van der Waals surface area contributed by atoms with Gasteiger partial charge in [0.25, 0.3) is 8.45 Å². The predicted octanol–water partition coefficient (Wildman–Crippen LogP) is 5.67. The van der Waals surface area contributed by atoms with Gasteiger partial charge in [0.1, 0.15) is 0 Å². The van der Waals surface area contributed by atoms with Crippen LogP contribution in [0.5, 0.6) is 5.75 Å². The van der Waals surface area contributed by atoms with Gasteiger partial charge in [-0.2, -0.15) is 0 Å². The fraction of sp³-hybridized carbons (Fsp3) is 0. The predicted molar refractivity (Wildman–Crippen MR) is 88.0 cm³/mol. The fourth-order valence-corrected chi connectivity index (χ4v) is 8.13. The van der Waals surface area contributed by atoms with Crippen LogP contribution in [0.25, 0.3) is 0 Å². The molecule has 0 saturated carbocycles. The van der Waals surface area contributed by atoms with Crippen LogP contribution in [0.15, 0.2) is 12.1 Å². The van der Waals surface area contributed by atoms with Crippen LogP contribution >= 0.6 is 82.9 Å². The number of nitrogens with one attached hydrogen (secondary N) is 1. The summed E-state index contributed by atoms with van der Waals surface area (Å²) in [5.74, 6) is 0.381. The lowest BCUT2D eigenvalue weighted by Gasteiger charge is -2.35. The quantitative estimate of drug-likeness (QED) is 0.367. The van der Waals surface area contributed by atoms with Crippen LogP contribution in [0, 0.1) is 0 Å². The summed E-state index contributed by atoms with van der Waals surface area (Å²) in [5.41, 5.74) is 6.07. The number of anilines is 1. The highest BCUT2D eigenvalue weighted by atomic mass is 35.7. The summed E-state index contributed by atoms with van der Waals surface area (Å²) in [6.45, 7) is 0. The van der Waals surface area contributed by atoms with Gasteiger partial charge in [0.2, 0.25) is 0 Å². The Labute approximate surface area is 139 Å². The smallest absolute Gasteiger partial charge is 0.271 e. The van der Waals surface area contributed by atoms with E-state index in [9.17, 15) is 0 Å². The first-order chi connectivity index (χ1) is 8.91. The molecule has 1 aromatic carbocycles. The first kappa shape index (κ1) is 16.8. The molecule has 106 valence electrons. The fourth-order valence-electron chi connectivity index (χ4n) is 1.08. The number of nitrogens with zero attached hydrogens (tertiary/aromatic N) is 2. The third kappa shape index (κ3) is 3.80. The lowest BCUT2D eigenvalue weighted by Crippen LogP contribution is -2.20. The van der Waals surface area contributed by atoms with Gasteiger partial charge in [-0.15, -0.1) is 3.96 Å². The monoisotopic (exact) mass is 418 g/mol. The van der Waals surface area contributed by atoms with Gasteiger partial charge in [-0.1, -0.05) is 38.4 Å². The molecule has 0 amide bonds. The number of nitrogens with two attached hydrogens (primary N) is 1. The molecule has 3 atom stereocenters. The van der Waals surface area contributed by atoms with Gasteiger partial charge in [0.15, 0.2) is 13.3 Å². The van der Waals surface area contributed by atoms with E-state index in [0.29, 0.717) is 10.8 Å². The Morgan fingerprint density at radius 3 is 2.68 bits per heavy atom. The second-order valence-corrected chi connectivity index (χ2v) is 11.1. The second kappa shape index (κ2) is 7.13. The van der Waals surface area contributed by atoms with E-state index in [4.69, 9.17) is 68.3 Å². The minimum absolute atomic E-state index is 0.0889. The van der Waals surface area contributed by atoms with Crippen LogP contribution in [-0.4, -0.2) is 7.92 Å². The summed E-state index contributed by atoms with van der Waals surface area (Å²) in [6.07, 6.45) is 0. The van der Waals surface area contributed by atoms with Gasteiger partial charge in [0, 0.05) is 0 Å². The molecule has 3 N–H and O–H groups in total. The van der Waals surface area contributed by atoms with Crippen molar-refractivity contribution in [3.05, 3.63) is 22.2 Å². The SMILES string of the molecule is Nc1c(OP2NPN(Cl)P(Cl)N2Cl)ccc(Cl)c1Cl. The van der Waals surface area contributed by atoms with Crippen LogP contribution < -0.4 is 15.1 Å². The van der Waals surface area contributed by atoms with Crippen molar-refractivity contribution in [2.24, 2.45) is 0 Å². The van der Waals surface area contributed by atoms with Crippen molar-refractivity contribution in [1.29, 1.82) is 0 Å². The highest BCUT2D eigenvalue weighted by molar-refractivity contribution is 7.93. The molecule has 0 aliphatic carbocycles. The van der Waals surface area contributed by atoms with E-state index >= 15 is 0 Å². The van der Waals surface area contributed by atoms with E-state index in [-0.39, 0.29) is 19.6 Å². The summed E-state index contributed by atoms with van der Waals surface area (Å²) in [4.78, 5) is 3.02. The number of hydrogen-bond donors (Lipinski definition) is 2. The average molecular weight is 420 g/mol. The number of nitrogen functional groups attached to an aromatic ring is 1. The first-order valence-corrected chi connectivity index (χ1v) is 10.3. The van der Waals surface area contributed by atoms with Crippen molar-refractivity contribution < 1.29 is 4.52 Å². The summed E-state index contributed by atoms with van der Waals surface area (Å²) >= 11 is 29.7. The van der Waals surface area contributed by atoms with Crippen molar-refractivity contribution in [3.8, 4) is 5.75 Å². The molecule has 1 heterocycles. The normalized spacial score (nSPS) is 26.8. The molecule has 0 aromatic heterocycles. The molecule has 1 aliphatic rings. The van der Waals surface area contributed by atoms with Crippen LogP contribution in [0.1, 0.15) is 0 Å². The van der Waals surface area contributed by atoms with Crippen LogP contribution in [0.4, 0.5) is 5.69 Å². The Kier molecular flexibility index (Phi) is 6.31. The van der Waals surface area contributed by atoms with E-state index in [0.717, 1.165) is 0 Å². The summed E-state index contributed by atoms with van der Waals surface area (Å²) in [7, 11) is -2.62. The molecule has 5 nitrogen and oxygen atoms in total. The molecule has 1 aliphatic heterocycles. The van der Waals surface area contributed by atoms with Gasteiger partial charge >= 0.3 is 0 Å². The zero-order chi connectivity index (χ0) is 14.2. The molecule has 0 bridgehead atoms. The molecular formula is C6H6Cl5N4OP3. The molecule has 1 fully saturated rings. The van der Waals surface area contributed by atoms with Crippen molar-refractivity contribution in [2.45, 2.75) is 0 Å². The van der Waals surface area contributed by atoms with Crippen molar-refractivity contribution >= 4 is 88.6 Å². The van der Waals surface area contributed by atoms with Gasteiger partial charge in [-0.05, 0) is 35.7 Å². The van der Waals surface area contributed by atoms with Crippen molar-refractivity contribution in [1.82, 2.24) is 12.8 Å². The van der Waals surface area contributed by atoms with Crippen molar-refractivity contribution in [2.75, 3.05) is 5.73 Å². The van der Waals surface area contributed by atoms with Gasteiger partial charge < -0.3 is 10.3 Å². The number of rotatable bonds is 2.